The number of Topliss-reactive ketones (excluding diaryl/α,β-unsaturated/α-hetero) is 1. The number of ether oxygens (including phenoxy) is 1. The van der Waals surface area contributed by atoms with Gasteiger partial charge >= 0.3 is 0 Å². The maximum absolute atomic E-state index is 12.2. The van der Waals surface area contributed by atoms with Crippen molar-refractivity contribution >= 4 is 17.4 Å². The van der Waals surface area contributed by atoms with Crippen molar-refractivity contribution in [3.63, 3.8) is 0 Å². The number of amides is 1. The summed E-state index contributed by atoms with van der Waals surface area (Å²) >= 11 is 0. The number of anilines is 1. The highest BCUT2D eigenvalue weighted by Gasteiger charge is 2.16. The Hall–Kier alpha value is -2.62. The molecule has 2 aromatic rings. The fourth-order valence-electron chi connectivity index (χ4n) is 1.99. The minimum atomic E-state index is -0.637. The third kappa shape index (κ3) is 3.95. The van der Waals surface area contributed by atoms with Gasteiger partial charge in [-0.1, -0.05) is 30.3 Å². The molecule has 0 fully saturated rings. The number of carbonyl (C=O) groups is 2. The van der Waals surface area contributed by atoms with Crippen molar-refractivity contribution in [2.24, 2.45) is 0 Å². The van der Waals surface area contributed by atoms with Crippen LogP contribution in [0, 0.1) is 6.92 Å². The first kappa shape index (κ1) is 15.8. The van der Waals surface area contributed by atoms with Crippen molar-refractivity contribution < 1.29 is 14.3 Å². The molecule has 0 aliphatic rings. The topological polar surface area (TPSA) is 55.4 Å². The molecule has 0 heterocycles. The second kappa shape index (κ2) is 6.89. The molecule has 0 aliphatic heterocycles. The molecular formula is C18H19NO3. The zero-order valence-electron chi connectivity index (χ0n) is 12.9. The Bertz CT molecular complexity index is 694. The predicted octanol–water partition coefficient (Wildman–Crippen LogP) is 3.60. The minimum absolute atomic E-state index is 0.0414. The van der Waals surface area contributed by atoms with Crippen LogP contribution in [-0.2, 0) is 4.79 Å². The van der Waals surface area contributed by atoms with Gasteiger partial charge in [0, 0.05) is 11.3 Å². The molecule has 4 nitrogen and oxygen atoms in total. The first-order chi connectivity index (χ1) is 10.5. The number of hydrogen-bond donors (Lipinski definition) is 1. The van der Waals surface area contributed by atoms with E-state index in [2.05, 4.69) is 5.32 Å². The van der Waals surface area contributed by atoms with Gasteiger partial charge in [-0.25, -0.2) is 0 Å². The maximum Gasteiger partial charge on any atom is 0.265 e. The second-order valence-corrected chi connectivity index (χ2v) is 5.15. The van der Waals surface area contributed by atoms with Crippen LogP contribution >= 0.6 is 0 Å². The van der Waals surface area contributed by atoms with Gasteiger partial charge in [0.15, 0.2) is 11.9 Å². The van der Waals surface area contributed by atoms with E-state index in [9.17, 15) is 9.59 Å². The number of nitrogens with one attached hydrogen (secondary N) is 1. The SMILES string of the molecule is CC(=O)c1cccc(NC(=O)[C@@H](C)Oc2ccccc2C)c1. The number of aryl methyl sites for hydroxylation is 1. The summed E-state index contributed by atoms with van der Waals surface area (Å²) < 4.78 is 5.68. The lowest BCUT2D eigenvalue weighted by molar-refractivity contribution is -0.122. The summed E-state index contributed by atoms with van der Waals surface area (Å²) in [4.78, 5) is 23.5. The summed E-state index contributed by atoms with van der Waals surface area (Å²) in [7, 11) is 0. The van der Waals surface area contributed by atoms with Gasteiger partial charge in [0.25, 0.3) is 5.91 Å². The largest absolute Gasteiger partial charge is 0.481 e. The van der Waals surface area contributed by atoms with Crippen LogP contribution in [-0.4, -0.2) is 17.8 Å². The lowest BCUT2D eigenvalue weighted by Gasteiger charge is -2.16. The van der Waals surface area contributed by atoms with Gasteiger partial charge < -0.3 is 10.1 Å². The molecule has 114 valence electrons. The highest BCUT2D eigenvalue weighted by Crippen LogP contribution is 2.18. The van der Waals surface area contributed by atoms with Gasteiger partial charge in [-0.3, -0.25) is 9.59 Å². The first-order valence-electron chi connectivity index (χ1n) is 7.11. The zero-order valence-corrected chi connectivity index (χ0v) is 12.9. The molecule has 0 saturated heterocycles. The summed E-state index contributed by atoms with van der Waals surface area (Å²) in [6.45, 7) is 5.11. The molecule has 1 atom stereocenters. The van der Waals surface area contributed by atoms with Crippen LogP contribution in [0.25, 0.3) is 0 Å². The molecule has 2 rings (SSSR count). The molecule has 0 radical (unpaired) electrons. The van der Waals surface area contributed by atoms with Gasteiger partial charge in [0.05, 0.1) is 0 Å². The van der Waals surface area contributed by atoms with Gasteiger partial charge in [-0.2, -0.15) is 0 Å². The molecule has 4 heteroatoms. The lowest BCUT2D eigenvalue weighted by atomic mass is 10.1. The summed E-state index contributed by atoms with van der Waals surface area (Å²) in [6.07, 6.45) is -0.637. The fourth-order valence-corrected chi connectivity index (χ4v) is 1.99. The van der Waals surface area contributed by atoms with E-state index in [1.807, 2.05) is 31.2 Å². The standard InChI is InChI=1S/C18H19NO3/c1-12-7-4-5-10-17(12)22-14(3)18(21)19-16-9-6-8-15(11-16)13(2)20/h4-11,14H,1-3H3,(H,19,21)/t14-/m1/s1. The number of rotatable bonds is 5. The molecule has 0 aromatic heterocycles. The van der Waals surface area contributed by atoms with Gasteiger partial charge in [0.1, 0.15) is 5.75 Å². The summed E-state index contributed by atoms with van der Waals surface area (Å²) in [6, 6.07) is 14.4. The van der Waals surface area contributed by atoms with Crippen LogP contribution in [0.3, 0.4) is 0 Å². The Morgan fingerprint density at radius 2 is 1.82 bits per heavy atom. The number of hydrogen-bond acceptors (Lipinski definition) is 3. The van der Waals surface area contributed by atoms with Crippen LogP contribution in [0.1, 0.15) is 29.8 Å². The van der Waals surface area contributed by atoms with Gasteiger partial charge in [0.2, 0.25) is 0 Å². The minimum Gasteiger partial charge on any atom is -0.481 e. The van der Waals surface area contributed by atoms with Gasteiger partial charge in [-0.15, -0.1) is 0 Å². The Morgan fingerprint density at radius 3 is 2.50 bits per heavy atom. The van der Waals surface area contributed by atoms with Crippen molar-refractivity contribution in [1.29, 1.82) is 0 Å². The van der Waals surface area contributed by atoms with E-state index in [1.54, 1.807) is 31.2 Å². The van der Waals surface area contributed by atoms with Crippen LogP contribution in [0.2, 0.25) is 0 Å². The molecule has 2 aromatic carbocycles. The fraction of sp³-hybridized carbons (Fsp3) is 0.222. The van der Waals surface area contributed by atoms with Crippen LogP contribution in [0.15, 0.2) is 48.5 Å². The highest BCUT2D eigenvalue weighted by molar-refractivity contribution is 5.98. The van der Waals surface area contributed by atoms with E-state index in [1.165, 1.54) is 6.92 Å². The Kier molecular flexibility index (Phi) is 4.94. The van der Waals surface area contributed by atoms with E-state index < -0.39 is 6.10 Å². The molecule has 1 N–H and O–H groups in total. The smallest absolute Gasteiger partial charge is 0.265 e. The van der Waals surface area contributed by atoms with Crippen LogP contribution < -0.4 is 10.1 Å². The second-order valence-electron chi connectivity index (χ2n) is 5.15. The lowest BCUT2D eigenvalue weighted by Crippen LogP contribution is -2.30. The van der Waals surface area contributed by atoms with E-state index in [0.717, 1.165) is 5.56 Å². The van der Waals surface area contributed by atoms with Crippen molar-refractivity contribution in [2.45, 2.75) is 26.9 Å². The first-order valence-corrected chi connectivity index (χ1v) is 7.11. The van der Waals surface area contributed by atoms with Crippen molar-refractivity contribution in [3.8, 4) is 5.75 Å². The molecular weight excluding hydrogens is 278 g/mol. The third-order valence-electron chi connectivity index (χ3n) is 3.30. The van der Waals surface area contributed by atoms with Crippen LogP contribution in [0.4, 0.5) is 5.69 Å². The number of carbonyl (C=O) groups excluding carboxylic acids is 2. The van der Waals surface area contributed by atoms with Crippen molar-refractivity contribution in [1.82, 2.24) is 0 Å². The molecule has 0 saturated carbocycles. The molecule has 0 bridgehead atoms. The monoisotopic (exact) mass is 297 g/mol. The molecule has 1 amide bonds. The Balaban J connectivity index is 2.04. The summed E-state index contributed by atoms with van der Waals surface area (Å²) in [5, 5.41) is 2.76. The quantitative estimate of drug-likeness (QED) is 0.858. The molecule has 0 unspecified atom stereocenters. The molecule has 22 heavy (non-hydrogen) atoms. The molecule has 0 spiro atoms. The Morgan fingerprint density at radius 1 is 1.09 bits per heavy atom. The third-order valence-corrected chi connectivity index (χ3v) is 3.30. The van der Waals surface area contributed by atoms with Crippen LogP contribution in [0.5, 0.6) is 5.75 Å². The van der Waals surface area contributed by atoms with Crippen molar-refractivity contribution in [3.05, 3.63) is 59.7 Å². The maximum atomic E-state index is 12.2. The van der Waals surface area contributed by atoms with E-state index in [-0.39, 0.29) is 11.7 Å². The average molecular weight is 297 g/mol. The Labute approximate surface area is 130 Å². The van der Waals surface area contributed by atoms with E-state index >= 15 is 0 Å². The molecule has 0 aliphatic carbocycles. The number of ketones is 1. The number of benzene rings is 2. The predicted molar refractivity (Wildman–Crippen MR) is 86.3 cm³/mol. The van der Waals surface area contributed by atoms with Crippen molar-refractivity contribution in [2.75, 3.05) is 5.32 Å². The van der Waals surface area contributed by atoms with E-state index in [0.29, 0.717) is 17.0 Å². The van der Waals surface area contributed by atoms with Gasteiger partial charge in [-0.05, 0) is 44.5 Å². The summed E-state index contributed by atoms with van der Waals surface area (Å²) in [5.41, 5.74) is 2.11. The zero-order chi connectivity index (χ0) is 16.1. The van der Waals surface area contributed by atoms with E-state index in [4.69, 9.17) is 4.74 Å². The normalized spacial score (nSPS) is 11.6. The summed E-state index contributed by atoms with van der Waals surface area (Å²) in [5.74, 6) is 0.381. The number of para-hydroxylation sites is 1. The highest BCUT2D eigenvalue weighted by atomic mass is 16.5. The average Bonchev–Trinajstić information content (AvgIpc) is 2.49.